The maximum Gasteiger partial charge on any atom is 0.270 e. The van der Waals surface area contributed by atoms with E-state index in [0.717, 1.165) is 32.5 Å². The smallest absolute Gasteiger partial charge is 0.270 e. The third-order valence-corrected chi connectivity index (χ3v) is 5.62. The fourth-order valence-corrected chi connectivity index (χ4v) is 4.13. The number of carbonyl (C=O) groups is 1. The van der Waals surface area contributed by atoms with Crippen molar-refractivity contribution >= 4 is 43.9 Å². The average Bonchev–Trinajstić information content (AvgIpc) is 3.25. The molecule has 0 aliphatic rings. The second-order valence-electron chi connectivity index (χ2n) is 5.92. The zero-order valence-electron chi connectivity index (χ0n) is 14.6. The molecule has 0 fully saturated rings. The van der Waals surface area contributed by atoms with E-state index in [1.807, 2.05) is 42.6 Å². The quantitative estimate of drug-likeness (QED) is 0.689. The summed E-state index contributed by atoms with van der Waals surface area (Å²) in [7, 11) is 4.17. The lowest BCUT2D eigenvalue weighted by Crippen LogP contribution is -3.06. The van der Waals surface area contributed by atoms with Gasteiger partial charge >= 0.3 is 0 Å². The van der Waals surface area contributed by atoms with Gasteiger partial charge in [-0.15, -0.1) is 11.3 Å². The number of likely N-dealkylation sites (N-methyl/N-ethyl adjacent to an activating group) is 1. The SMILES string of the molecule is CCOc1cccc2sc(N(CC[NH+](C)C)C(=O)c3cccs3)nc12. The topological polar surface area (TPSA) is 46.9 Å². The Labute approximate surface area is 155 Å². The van der Waals surface area contributed by atoms with Gasteiger partial charge in [-0.3, -0.25) is 9.69 Å². The van der Waals surface area contributed by atoms with Crippen LogP contribution < -0.4 is 14.5 Å². The van der Waals surface area contributed by atoms with Crippen molar-refractivity contribution in [1.82, 2.24) is 4.98 Å². The fourth-order valence-electron chi connectivity index (χ4n) is 2.45. The summed E-state index contributed by atoms with van der Waals surface area (Å²) in [6, 6.07) is 9.67. The normalized spacial score (nSPS) is 11.2. The number of amides is 1. The average molecular weight is 377 g/mol. The summed E-state index contributed by atoms with van der Waals surface area (Å²) in [5, 5.41) is 2.65. The minimum Gasteiger partial charge on any atom is -0.492 e. The number of rotatable bonds is 7. The molecule has 3 aromatic rings. The van der Waals surface area contributed by atoms with Crippen LogP contribution in [0.3, 0.4) is 0 Å². The Kier molecular flexibility index (Phi) is 5.67. The highest BCUT2D eigenvalue weighted by molar-refractivity contribution is 7.22. The van der Waals surface area contributed by atoms with Crippen molar-refractivity contribution in [2.75, 3.05) is 38.7 Å². The lowest BCUT2D eigenvalue weighted by atomic mass is 10.3. The van der Waals surface area contributed by atoms with Gasteiger partial charge in [-0.1, -0.05) is 23.5 Å². The number of carbonyl (C=O) groups excluding carboxylic acids is 1. The Morgan fingerprint density at radius 1 is 1.28 bits per heavy atom. The summed E-state index contributed by atoms with van der Waals surface area (Å²) in [4.78, 5) is 21.5. The lowest BCUT2D eigenvalue weighted by molar-refractivity contribution is -0.856. The van der Waals surface area contributed by atoms with Crippen molar-refractivity contribution in [1.29, 1.82) is 0 Å². The maximum atomic E-state index is 13.0. The van der Waals surface area contributed by atoms with E-state index in [2.05, 4.69) is 14.1 Å². The molecule has 1 N–H and O–H groups in total. The van der Waals surface area contributed by atoms with Crippen LogP contribution >= 0.6 is 22.7 Å². The zero-order valence-corrected chi connectivity index (χ0v) is 16.2. The second-order valence-corrected chi connectivity index (χ2v) is 7.88. The van der Waals surface area contributed by atoms with Crippen molar-refractivity contribution in [3.8, 4) is 5.75 Å². The number of hydrogen-bond acceptors (Lipinski definition) is 5. The molecule has 1 aromatic carbocycles. The number of para-hydroxylation sites is 1. The maximum absolute atomic E-state index is 13.0. The molecule has 0 atom stereocenters. The molecule has 0 saturated heterocycles. The zero-order chi connectivity index (χ0) is 17.8. The van der Waals surface area contributed by atoms with Gasteiger partial charge in [0.15, 0.2) is 5.13 Å². The van der Waals surface area contributed by atoms with Crippen LogP contribution in [0.1, 0.15) is 16.6 Å². The Balaban J connectivity index is 1.98. The van der Waals surface area contributed by atoms with Gasteiger partial charge in [0, 0.05) is 0 Å². The molecule has 1 amide bonds. The molecule has 2 heterocycles. The molecule has 0 bridgehead atoms. The number of hydrogen-bond donors (Lipinski definition) is 1. The highest BCUT2D eigenvalue weighted by atomic mass is 32.1. The minimum atomic E-state index is 0.00765. The van der Waals surface area contributed by atoms with Gasteiger partial charge in [0.2, 0.25) is 0 Å². The summed E-state index contributed by atoms with van der Waals surface area (Å²) in [6.07, 6.45) is 0. The van der Waals surface area contributed by atoms with Gasteiger partial charge in [0.25, 0.3) is 5.91 Å². The first-order valence-corrected chi connectivity index (χ1v) is 9.96. The predicted octanol–water partition coefficient (Wildman–Crippen LogP) is 2.55. The van der Waals surface area contributed by atoms with E-state index in [9.17, 15) is 4.79 Å². The van der Waals surface area contributed by atoms with Gasteiger partial charge in [-0.2, -0.15) is 0 Å². The van der Waals surface area contributed by atoms with E-state index in [1.54, 1.807) is 4.90 Å². The van der Waals surface area contributed by atoms with Crippen LogP contribution in [0.4, 0.5) is 5.13 Å². The van der Waals surface area contributed by atoms with Gasteiger partial charge in [0.1, 0.15) is 11.3 Å². The molecule has 0 saturated carbocycles. The van der Waals surface area contributed by atoms with Crippen LogP contribution in [0.5, 0.6) is 5.75 Å². The Morgan fingerprint density at radius 2 is 2.12 bits per heavy atom. The first-order chi connectivity index (χ1) is 12.1. The molecule has 7 heteroatoms. The summed E-state index contributed by atoms with van der Waals surface area (Å²) in [6.45, 7) is 4.03. The molecule has 25 heavy (non-hydrogen) atoms. The monoisotopic (exact) mass is 376 g/mol. The summed E-state index contributed by atoms with van der Waals surface area (Å²) >= 11 is 2.99. The molecule has 3 rings (SSSR count). The van der Waals surface area contributed by atoms with Crippen molar-refractivity contribution < 1.29 is 14.4 Å². The van der Waals surface area contributed by atoms with Crippen LogP contribution in [0, 0.1) is 0 Å². The first kappa shape index (κ1) is 17.8. The first-order valence-electron chi connectivity index (χ1n) is 8.27. The minimum absolute atomic E-state index is 0.00765. The summed E-state index contributed by atoms with van der Waals surface area (Å²) < 4.78 is 6.71. The highest BCUT2D eigenvalue weighted by Gasteiger charge is 2.23. The highest BCUT2D eigenvalue weighted by Crippen LogP contribution is 2.34. The molecule has 0 spiro atoms. The van der Waals surface area contributed by atoms with E-state index in [-0.39, 0.29) is 5.91 Å². The van der Waals surface area contributed by atoms with Crippen molar-refractivity contribution in [2.24, 2.45) is 0 Å². The van der Waals surface area contributed by atoms with Crippen LogP contribution in [0.2, 0.25) is 0 Å². The lowest BCUT2D eigenvalue weighted by Gasteiger charge is -2.19. The number of quaternary nitrogens is 1. The number of ether oxygens (including phenoxy) is 1. The molecule has 2 aromatic heterocycles. The van der Waals surface area contributed by atoms with E-state index in [1.165, 1.54) is 27.6 Å². The van der Waals surface area contributed by atoms with Crippen molar-refractivity contribution in [3.63, 3.8) is 0 Å². The van der Waals surface area contributed by atoms with Gasteiger partial charge in [-0.25, -0.2) is 4.98 Å². The molecular weight excluding hydrogens is 354 g/mol. The van der Waals surface area contributed by atoms with Crippen LogP contribution in [0.25, 0.3) is 10.2 Å². The molecule has 0 radical (unpaired) electrons. The molecule has 0 unspecified atom stereocenters. The van der Waals surface area contributed by atoms with Crippen LogP contribution in [-0.2, 0) is 0 Å². The number of thiophene rings is 1. The van der Waals surface area contributed by atoms with E-state index < -0.39 is 0 Å². The molecule has 0 aliphatic heterocycles. The van der Waals surface area contributed by atoms with Gasteiger partial charge in [-0.05, 0) is 30.5 Å². The summed E-state index contributed by atoms with van der Waals surface area (Å²) in [5.74, 6) is 0.775. The number of thiazole rings is 1. The third-order valence-electron chi connectivity index (χ3n) is 3.71. The fraction of sp³-hybridized carbons (Fsp3) is 0.333. The van der Waals surface area contributed by atoms with E-state index >= 15 is 0 Å². The number of anilines is 1. The molecule has 132 valence electrons. The van der Waals surface area contributed by atoms with Crippen molar-refractivity contribution in [3.05, 3.63) is 40.6 Å². The Bertz CT molecular complexity index is 843. The molecular formula is C18H22N3O2S2+. The van der Waals surface area contributed by atoms with Crippen molar-refractivity contribution in [2.45, 2.75) is 6.92 Å². The van der Waals surface area contributed by atoms with E-state index in [4.69, 9.17) is 9.72 Å². The number of aromatic nitrogens is 1. The molecule has 0 aliphatic carbocycles. The Hall–Kier alpha value is -1.96. The number of nitrogens with one attached hydrogen (secondary N) is 1. The van der Waals surface area contributed by atoms with E-state index in [0.29, 0.717) is 13.2 Å². The molecule has 5 nitrogen and oxygen atoms in total. The van der Waals surface area contributed by atoms with Gasteiger partial charge in [0.05, 0.1) is 43.4 Å². The number of fused-ring (bicyclic) bond motifs is 1. The third kappa shape index (κ3) is 4.00. The number of nitrogens with zero attached hydrogens (tertiary/aromatic N) is 2. The van der Waals surface area contributed by atoms with Gasteiger partial charge < -0.3 is 9.64 Å². The summed E-state index contributed by atoms with van der Waals surface area (Å²) in [5.41, 5.74) is 0.825. The van der Waals surface area contributed by atoms with Crippen LogP contribution in [0.15, 0.2) is 35.7 Å². The standard InChI is InChI=1S/C18H21N3O2S2/c1-4-23-13-7-5-8-14-16(13)19-18(25-14)21(11-10-20(2)3)17(22)15-9-6-12-24-15/h5-9,12H,4,10-11H2,1-3H3/p+1. The second kappa shape index (κ2) is 7.95. The predicted molar refractivity (Wildman–Crippen MR) is 104 cm³/mol. The Morgan fingerprint density at radius 3 is 2.80 bits per heavy atom. The number of benzene rings is 1. The van der Waals surface area contributed by atoms with Crippen LogP contribution in [-0.4, -0.2) is 44.7 Å². The largest absolute Gasteiger partial charge is 0.492 e.